The molecule has 3 aromatic rings. The summed E-state index contributed by atoms with van der Waals surface area (Å²) >= 11 is 2.33. The van der Waals surface area contributed by atoms with Crippen LogP contribution in [0.3, 0.4) is 0 Å². The summed E-state index contributed by atoms with van der Waals surface area (Å²) in [5.41, 5.74) is 6.70. The molecule has 0 heterocycles. The van der Waals surface area contributed by atoms with Gasteiger partial charge in [0.05, 0.1) is 11.4 Å². The van der Waals surface area contributed by atoms with Gasteiger partial charge in [0.1, 0.15) is 0 Å². The Bertz CT molecular complexity index is 1000. The molecule has 29 heavy (non-hydrogen) atoms. The van der Waals surface area contributed by atoms with Gasteiger partial charge in [-0.2, -0.15) is 0 Å². The Morgan fingerprint density at radius 3 is 2.07 bits per heavy atom. The van der Waals surface area contributed by atoms with Gasteiger partial charge in [-0.05, 0) is 53.1 Å². The lowest BCUT2D eigenvalue weighted by Gasteiger charge is -2.17. The van der Waals surface area contributed by atoms with Crippen LogP contribution in [0, 0.1) is 10.8 Å². The molecule has 3 nitrogen and oxygen atoms in total. The number of aliphatic imine (C=N–C) groups is 1. The first-order chi connectivity index (χ1) is 14.1. The lowest BCUT2D eigenvalue weighted by Crippen LogP contribution is -2.13. The summed E-state index contributed by atoms with van der Waals surface area (Å²) in [6.45, 7) is 2.18. The normalized spacial score (nSPS) is 14.6. The first kappa shape index (κ1) is 20.2. The maximum absolute atomic E-state index is 8.78. The van der Waals surface area contributed by atoms with Gasteiger partial charge >= 0.3 is 0 Å². The van der Waals surface area contributed by atoms with E-state index in [2.05, 4.69) is 70.5 Å². The van der Waals surface area contributed by atoms with E-state index in [1.165, 1.54) is 0 Å². The van der Waals surface area contributed by atoms with Crippen LogP contribution in [0.4, 0.5) is 11.4 Å². The van der Waals surface area contributed by atoms with Crippen molar-refractivity contribution < 1.29 is 0 Å². The first-order valence-corrected chi connectivity index (χ1v) is 13.8. The van der Waals surface area contributed by atoms with Crippen LogP contribution >= 0.6 is 28.4 Å². The molecule has 1 fully saturated rings. The third-order valence-corrected chi connectivity index (χ3v) is 6.57. The highest BCUT2D eigenvalue weighted by atomic mass is 127. The number of nitrogens with zero attached hydrogens (tertiary/aromatic N) is 1. The van der Waals surface area contributed by atoms with E-state index in [1.54, 1.807) is 0 Å². The number of hydrogen-bond acceptors (Lipinski definition) is 3. The number of anilines is 1. The highest BCUT2D eigenvalue weighted by Crippen LogP contribution is 2.49. The lowest BCUT2D eigenvalue weighted by atomic mass is 9.94. The molecule has 1 unspecified atom stereocenters. The smallest absolute Gasteiger partial charge is 0.0781 e. The van der Waals surface area contributed by atoms with Gasteiger partial charge in [-0.3, -0.25) is 0 Å². The molecule has 0 spiro atoms. The Balaban J connectivity index is 1.81. The van der Waals surface area contributed by atoms with Crippen LogP contribution in [-0.4, -0.2) is 11.4 Å². The van der Waals surface area contributed by atoms with Crippen LogP contribution < -0.4 is 5.09 Å². The molecule has 5 heteroatoms. The fraction of sp³-hybridized carbons (Fsp3) is 0.167. The second-order valence-corrected chi connectivity index (χ2v) is 9.63. The third-order valence-electron chi connectivity index (χ3n) is 5.39. The molecule has 0 aromatic heterocycles. The zero-order chi connectivity index (χ0) is 20.3. The van der Waals surface area contributed by atoms with Gasteiger partial charge in [0.2, 0.25) is 0 Å². The van der Waals surface area contributed by atoms with Crippen molar-refractivity contribution in [2.75, 3.05) is 5.09 Å². The maximum atomic E-state index is 8.78. The van der Waals surface area contributed by atoms with Gasteiger partial charge < -0.3 is 10.5 Å². The molecule has 0 amide bonds. The summed E-state index contributed by atoms with van der Waals surface area (Å²) in [5, 5.41) is 12.2. The van der Waals surface area contributed by atoms with Crippen molar-refractivity contribution in [1.29, 1.82) is 5.41 Å². The van der Waals surface area contributed by atoms with Crippen LogP contribution in [0.15, 0.2) is 83.9 Å². The minimum absolute atomic E-state index is 0.00877. The molecule has 1 saturated carbocycles. The molecule has 1 aliphatic rings. The molecule has 0 radical (unpaired) electrons. The van der Waals surface area contributed by atoms with E-state index in [9.17, 15) is 0 Å². The van der Waals surface area contributed by atoms with Crippen molar-refractivity contribution in [3.05, 3.63) is 95.6 Å². The van der Waals surface area contributed by atoms with Gasteiger partial charge in [-0.1, -0.05) is 67.6 Å². The number of halogens is 1. The minimum Gasteiger partial charge on any atom is -0.358 e. The molecule has 0 saturated heterocycles. The van der Waals surface area contributed by atoms with Crippen LogP contribution in [0.25, 0.3) is 0 Å². The molecule has 146 valence electrons. The average molecular weight is 511 g/mol. The number of hydrogen-bond donors (Lipinski definition) is 2. The first-order valence-electron chi connectivity index (χ1n) is 9.65. The fourth-order valence-electron chi connectivity index (χ4n) is 3.35. The quantitative estimate of drug-likeness (QED) is 0.194. The molecule has 0 bridgehead atoms. The topological polar surface area (TPSA) is 48.2 Å². The molecule has 2 N–H and O–H groups in total. The zero-order valence-electron chi connectivity index (χ0n) is 16.2. The number of nitrogens with one attached hydrogen (secondary N) is 2. The molecule has 0 aliphatic heterocycles. The predicted octanol–water partition coefficient (Wildman–Crippen LogP) is 7.38. The summed E-state index contributed by atoms with van der Waals surface area (Å²) < 4.78 is 0. The van der Waals surface area contributed by atoms with E-state index >= 15 is 0 Å². The number of rotatable bonds is 7. The summed E-state index contributed by atoms with van der Waals surface area (Å²) in [4.78, 5) is 5.04. The lowest BCUT2D eigenvalue weighted by molar-refractivity contribution is 0.798. The SMILES string of the molecule is CC1(C(=N)c2cc(N=C(c3ccccc3)c3ccccc3)ccc2NPI)CC1. The standard InChI is InChI=1S/C24H23IN3P/c1-24(14-15-24)23(26)20-16-19(12-13-21(20)28-29-25)27-22(17-8-4-2-5-9-17)18-10-6-3-7-11-18/h2-13,16,26,28-29H,14-15H2,1H3. The summed E-state index contributed by atoms with van der Waals surface area (Å²) in [6, 6.07) is 26.7. The van der Waals surface area contributed by atoms with Crippen molar-refractivity contribution >= 4 is 51.2 Å². The van der Waals surface area contributed by atoms with Gasteiger partial charge in [0.15, 0.2) is 0 Å². The fourth-order valence-corrected chi connectivity index (χ4v) is 4.54. The van der Waals surface area contributed by atoms with Crippen LogP contribution in [0.2, 0.25) is 0 Å². The van der Waals surface area contributed by atoms with E-state index in [0.29, 0.717) is 12.1 Å². The van der Waals surface area contributed by atoms with Crippen LogP contribution in [0.1, 0.15) is 36.5 Å². The van der Waals surface area contributed by atoms with Crippen molar-refractivity contribution in [3.8, 4) is 0 Å². The van der Waals surface area contributed by atoms with Gasteiger partial charge in [0, 0.05) is 39.9 Å². The monoisotopic (exact) mass is 511 g/mol. The molecule has 4 rings (SSSR count). The largest absolute Gasteiger partial charge is 0.358 e. The highest BCUT2D eigenvalue weighted by Gasteiger charge is 2.42. The zero-order valence-corrected chi connectivity index (χ0v) is 19.4. The Morgan fingerprint density at radius 2 is 1.55 bits per heavy atom. The molecule has 3 aromatic carbocycles. The van der Waals surface area contributed by atoms with Crippen molar-refractivity contribution in [2.24, 2.45) is 10.4 Å². The summed E-state index contributed by atoms with van der Waals surface area (Å²) in [5.74, 6) is 0. The van der Waals surface area contributed by atoms with E-state index in [4.69, 9.17) is 10.4 Å². The van der Waals surface area contributed by atoms with Crippen LogP contribution in [0.5, 0.6) is 0 Å². The van der Waals surface area contributed by atoms with E-state index in [-0.39, 0.29) is 5.41 Å². The molecule has 1 aliphatic carbocycles. The van der Waals surface area contributed by atoms with Gasteiger partial charge in [0.25, 0.3) is 0 Å². The second kappa shape index (κ2) is 8.76. The molecular formula is C24H23IN3P. The third kappa shape index (κ3) is 4.59. The van der Waals surface area contributed by atoms with Gasteiger partial charge in [-0.25, -0.2) is 4.99 Å². The van der Waals surface area contributed by atoms with Gasteiger partial charge in [-0.15, -0.1) is 0 Å². The summed E-state index contributed by atoms with van der Waals surface area (Å²) in [6.07, 6.45) is 2.74. The Kier molecular flexibility index (Phi) is 6.12. The van der Waals surface area contributed by atoms with Crippen molar-refractivity contribution in [2.45, 2.75) is 19.8 Å². The minimum atomic E-state index is 0.00877. The Morgan fingerprint density at radius 1 is 0.966 bits per heavy atom. The Labute approximate surface area is 186 Å². The van der Waals surface area contributed by atoms with Crippen molar-refractivity contribution in [1.82, 2.24) is 0 Å². The van der Waals surface area contributed by atoms with E-state index in [1.807, 2.05) is 42.5 Å². The predicted molar refractivity (Wildman–Crippen MR) is 135 cm³/mol. The highest BCUT2D eigenvalue weighted by molar-refractivity contribution is 14.2. The van der Waals surface area contributed by atoms with Crippen molar-refractivity contribution in [3.63, 3.8) is 0 Å². The van der Waals surface area contributed by atoms with E-state index in [0.717, 1.165) is 46.6 Å². The second-order valence-electron chi connectivity index (χ2n) is 7.58. The van der Waals surface area contributed by atoms with E-state index < -0.39 is 0 Å². The molecule has 1 atom stereocenters. The van der Waals surface area contributed by atoms with Crippen LogP contribution in [-0.2, 0) is 0 Å². The maximum Gasteiger partial charge on any atom is 0.0781 e. The number of benzene rings is 3. The average Bonchev–Trinajstić information content (AvgIpc) is 3.52. The summed E-state index contributed by atoms with van der Waals surface area (Å²) in [7, 11) is 0. The Hall–Kier alpha value is -2.04. The molecular weight excluding hydrogens is 488 g/mol.